The number of ether oxygens (including phenoxy) is 1. The molecule has 4 heteroatoms. The molecule has 23 heavy (non-hydrogen) atoms. The van der Waals surface area contributed by atoms with Gasteiger partial charge in [-0.2, -0.15) is 0 Å². The van der Waals surface area contributed by atoms with Gasteiger partial charge >= 0.3 is 6.03 Å². The maximum atomic E-state index is 11.5. The van der Waals surface area contributed by atoms with Gasteiger partial charge < -0.3 is 15.4 Å². The molecule has 0 radical (unpaired) electrons. The lowest BCUT2D eigenvalue weighted by Gasteiger charge is -2.15. The van der Waals surface area contributed by atoms with Gasteiger partial charge in [-0.1, -0.05) is 30.3 Å². The van der Waals surface area contributed by atoms with E-state index in [4.69, 9.17) is 4.74 Å². The first-order valence-corrected chi connectivity index (χ1v) is 7.91. The molecular weight excluding hydrogens is 288 g/mol. The number of fused-ring (bicyclic) bond motifs is 1. The van der Waals surface area contributed by atoms with Crippen LogP contribution in [0.1, 0.15) is 18.1 Å². The summed E-state index contributed by atoms with van der Waals surface area (Å²) in [5.41, 5.74) is 2.35. The van der Waals surface area contributed by atoms with E-state index >= 15 is 0 Å². The Labute approximate surface area is 137 Å². The van der Waals surface area contributed by atoms with E-state index in [1.165, 1.54) is 16.3 Å². The standard InChI is InChI=1S/C19H24N2O2/c1-4-7-16-17(23-3)11-10-14-8-6-9-15(18(14)16)12-13-21-19(22)20-5-2/h4,6,8-11H,1,5,7,12-13H2,2-3H3,(H2,20,21,22). The van der Waals surface area contributed by atoms with Crippen molar-refractivity contribution in [2.45, 2.75) is 19.8 Å². The maximum absolute atomic E-state index is 11.5. The van der Waals surface area contributed by atoms with E-state index in [1.807, 2.05) is 25.1 Å². The summed E-state index contributed by atoms with van der Waals surface area (Å²) in [6, 6.07) is 10.2. The van der Waals surface area contributed by atoms with Gasteiger partial charge in [0.15, 0.2) is 0 Å². The number of carbonyl (C=O) groups is 1. The zero-order valence-corrected chi connectivity index (χ0v) is 13.8. The largest absolute Gasteiger partial charge is 0.496 e. The van der Waals surface area contributed by atoms with Gasteiger partial charge in [0, 0.05) is 18.7 Å². The molecule has 0 aromatic heterocycles. The van der Waals surface area contributed by atoms with Crippen LogP contribution < -0.4 is 15.4 Å². The van der Waals surface area contributed by atoms with E-state index in [9.17, 15) is 4.79 Å². The molecule has 0 spiro atoms. The molecule has 0 aliphatic heterocycles. The summed E-state index contributed by atoms with van der Waals surface area (Å²) in [7, 11) is 1.69. The number of carbonyl (C=O) groups excluding carboxylic acids is 1. The van der Waals surface area contributed by atoms with Crippen molar-refractivity contribution < 1.29 is 9.53 Å². The van der Waals surface area contributed by atoms with E-state index in [-0.39, 0.29) is 6.03 Å². The zero-order chi connectivity index (χ0) is 16.7. The number of allylic oxidation sites excluding steroid dienone is 1. The van der Waals surface area contributed by atoms with Crippen molar-refractivity contribution in [3.8, 4) is 5.75 Å². The highest BCUT2D eigenvalue weighted by Gasteiger charge is 2.11. The van der Waals surface area contributed by atoms with Gasteiger partial charge in [-0.3, -0.25) is 0 Å². The lowest BCUT2D eigenvalue weighted by molar-refractivity contribution is 0.241. The van der Waals surface area contributed by atoms with Gasteiger partial charge in [-0.05, 0) is 42.2 Å². The highest BCUT2D eigenvalue weighted by atomic mass is 16.5. The van der Waals surface area contributed by atoms with Crippen LogP contribution in [0.4, 0.5) is 4.79 Å². The second-order valence-electron chi connectivity index (χ2n) is 5.29. The Morgan fingerprint density at radius 2 is 2.09 bits per heavy atom. The molecular formula is C19H24N2O2. The maximum Gasteiger partial charge on any atom is 0.314 e. The quantitative estimate of drug-likeness (QED) is 0.770. The molecule has 0 atom stereocenters. The number of hydrogen-bond donors (Lipinski definition) is 2. The molecule has 4 nitrogen and oxygen atoms in total. The number of rotatable bonds is 7. The first-order chi connectivity index (χ1) is 11.2. The predicted molar refractivity (Wildman–Crippen MR) is 95.2 cm³/mol. The van der Waals surface area contributed by atoms with Crippen LogP contribution in [0.3, 0.4) is 0 Å². The molecule has 2 amide bonds. The fraction of sp³-hybridized carbons (Fsp3) is 0.316. The minimum Gasteiger partial charge on any atom is -0.496 e. The molecule has 0 aliphatic carbocycles. The summed E-state index contributed by atoms with van der Waals surface area (Å²) in [6.45, 7) is 6.97. The topological polar surface area (TPSA) is 50.4 Å². The predicted octanol–water partition coefficient (Wildman–Crippen LogP) is 3.44. The van der Waals surface area contributed by atoms with Crippen molar-refractivity contribution in [3.63, 3.8) is 0 Å². The molecule has 0 fully saturated rings. The average Bonchev–Trinajstić information content (AvgIpc) is 2.55. The van der Waals surface area contributed by atoms with Crippen LogP contribution in [0.15, 0.2) is 43.0 Å². The van der Waals surface area contributed by atoms with Crippen molar-refractivity contribution in [2.24, 2.45) is 0 Å². The van der Waals surface area contributed by atoms with Gasteiger partial charge in [0.05, 0.1) is 7.11 Å². The summed E-state index contributed by atoms with van der Waals surface area (Å²) < 4.78 is 5.51. The van der Waals surface area contributed by atoms with Crippen molar-refractivity contribution >= 4 is 16.8 Å². The van der Waals surface area contributed by atoms with E-state index < -0.39 is 0 Å². The molecule has 0 saturated heterocycles. The number of amides is 2. The van der Waals surface area contributed by atoms with Gasteiger partial charge in [0.2, 0.25) is 0 Å². The summed E-state index contributed by atoms with van der Waals surface area (Å²) in [5.74, 6) is 0.876. The van der Waals surface area contributed by atoms with Gasteiger partial charge in [0.1, 0.15) is 5.75 Å². The minimum absolute atomic E-state index is 0.128. The van der Waals surface area contributed by atoms with Gasteiger partial charge in [-0.15, -0.1) is 6.58 Å². The van der Waals surface area contributed by atoms with Crippen LogP contribution in [0.25, 0.3) is 10.8 Å². The molecule has 0 saturated carbocycles. The van der Waals surface area contributed by atoms with Crippen molar-refractivity contribution in [1.82, 2.24) is 10.6 Å². The summed E-state index contributed by atoms with van der Waals surface area (Å²) in [5, 5.41) is 7.99. The summed E-state index contributed by atoms with van der Waals surface area (Å²) in [4.78, 5) is 11.5. The minimum atomic E-state index is -0.128. The molecule has 122 valence electrons. The second-order valence-corrected chi connectivity index (χ2v) is 5.29. The van der Waals surface area contributed by atoms with Crippen LogP contribution in [0, 0.1) is 0 Å². The normalized spacial score (nSPS) is 10.3. The number of nitrogens with one attached hydrogen (secondary N) is 2. The molecule has 0 aliphatic rings. The van der Waals surface area contributed by atoms with E-state index in [2.05, 4.69) is 35.4 Å². The Morgan fingerprint density at radius 1 is 1.26 bits per heavy atom. The third-order valence-corrected chi connectivity index (χ3v) is 3.78. The smallest absolute Gasteiger partial charge is 0.314 e. The third kappa shape index (κ3) is 4.03. The lowest BCUT2D eigenvalue weighted by atomic mass is 9.95. The molecule has 2 N–H and O–H groups in total. The highest BCUT2D eigenvalue weighted by Crippen LogP contribution is 2.31. The molecule has 2 rings (SSSR count). The average molecular weight is 312 g/mol. The molecule has 0 heterocycles. The highest BCUT2D eigenvalue weighted by molar-refractivity contribution is 5.91. The van der Waals surface area contributed by atoms with E-state index in [0.29, 0.717) is 13.1 Å². The summed E-state index contributed by atoms with van der Waals surface area (Å²) in [6.07, 6.45) is 3.41. The SMILES string of the molecule is C=CCc1c(OC)ccc2cccc(CCNC(=O)NCC)c12. The Bertz CT molecular complexity index is 695. The van der Waals surface area contributed by atoms with Crippen LogP contribution in [-0.4, -0.2) is 26.2 Å². The van der Waals surface area contributed by atoms with Gasteiger partial charge in [-0.25, -0.2) is 4.79 Å². The van der Waals surface area contributed by atoms with Crippen LogP contribution >= 0.6 is 0 Å². The van der Waals surface area contributed by atoms with Crippen molar-refractivity contribution in [1.29, 1.82) is 0 Å². The Balaban J connectivity index is 2.31. The van der Waals surface area contributed by atoms with Crippen molar-refractivity contribution in [3.05, 3.63) is 54.1 Å². The first kappa shape index (κ1) is 16.9. The zero-order valence-electron chi connectivity index (χ0n) is 13.8. The number of benzene rings is 2. The monoisotopic (exact) mass is 312 g/mol. The van der Waals surface area contributed by atoms with Crippen LogP contribution in [0.5, 0.6) is 5.75 Å². The van der Waals surface area contributed by atoms with Crippen molar-refractivity contribution in [2.75, 3.05) is 20.2 Å². The Kier molecular flexibility index (Phi) is 6.03. The number of hydrogen-bond acceptors (Lipinski definition) is 2. The Morgan fingerprint density at radius 3 is 2.78 bits per heavy atom. The fourth-order valence-electron chi connectivity index (χ4n) is 2.80. The van der Waals surface area contributed by atoms with E-state index in [0.717, 1.165) is 24.2 Å². The van der Waals surface area contributed by atoms with E-state index in [1.54, 1.807) is 7.11 Å². The van der Waals surface area contributed by atoms with Crippen LogP contribution in [0.2, 0.25) is 0 Å². The van der Waals surface area contributed by atoms with Crippen LogP contribution in [-0.2, 0) is 12.8 Å². The second kappa shape index (κ2) is 8.22. The number of urea groups is 1. The lowest BCUT2D eigenvalue weighted by Crippen LogP contribution is -2.36. The Hall–Kier alpha value is -2.49. The third-order valence-electron chi connectivity index (χ3n) is 3.78. The first-order valence-electron chi connectivity index (χ1n) is 7.91. The molecule has 0 bridgehead atoms. The molecule has 2 aromatic rings. The summed E-state index contributed by atoms with van der Waals surface area (Å²) >= 11 is 0. The fourth-order valence-corrected chi connectivity index (χ4v) is 2.80. The number of methoxy groups -OCH3 is 1. The molecule has 2 aromatic carbocycles. The van der Waals surface area contributed by atoms with Gasteiger partial charge in [0.25, 0.3) is 0 Å². The molecule has 0 unspecified atom stereocenters.